The average molecular weight is 288 g/mol. The molecule has 3 rings (SSSR count). The predicted octanol–water partition coefficient (Wildman–Crippen LogP) is 3.83. The highest BCUT2D eigenvalue weighted by molar-refractivity contribution is 6.33. The van der Waals surface area contributed by atoms with Gasteiger partial charge < -0.3 is 10.0 Å². The fourth-order valence-corrected chi connectivity index (χ4v) is 3.32. The summed E-state index contributed by atoms with van der Waals surface area (Å²) in [6.45, 7) is 1.97. The van der Waals surface area contributed by atoms with Crippen LogP contribution in [-0.2, 0) is 6.61 Å². The maximum absolute atomic E-state index is 9.50. The van der Waals surface area contributed by atoms with Crippen LogP contribution in [0.25, 0.3) is 0 Å². The van der Waals surface area contributed by atoms with E-state index in [4.69, 9.17) is 11.6 Å². The summed E-state index contributed by atoms with van der Waals surface area (Å²) < 4.78 is 0. The van der Waals surface area contributed by atoms with Gasteiger partial charge in [0.1, 0.15) is 0 Å². The van der Waals surface area contributed by atoms with Gasteiger partial charge in [0.15, 0.2) is 0 Å². The molecule has 1 atom stereocenters. The first-order valence-corrected chi connectivity index (χ1v) is 7.35. The van der Waals surface area contributed by atoms with Crippen LogP contribution in [0.5, 0.6) is 0 Å². The number of hydrogen-bond acceptors (Lipinski definition) is 2. The molecule has 0 bridgehead atoms. The van der Waals surface area contributed by atoms with E-state index in [2.05, 4.69) is 29.2 Å². The predicted molar refractivity (Wildman–Crippen MR) is 83.4 cm³/mol. The molecule has 2 aromatic rings. The lowest BCUT2D eigenvalue weighted by molar-refractivity contribution is 0.282. The third-order valence-electron chi connectivity index (χ3n) is 4.02. The number of para-hydroxylation sites is 1. The van der Waals surface area contributed by atoms with Crippen molar-refractivity contribution in [1.82, 2.24) is 0 Å². The number of rotatable bonds is 3. The highest BCUT2D eigenvalue weighted by Crippen LogP contribution is 2.36. The van der Waals surface area contributed by atoms with E-state index in [0.29, 0.717) is 5.92 Å². The van der Waals surface area contributed by atoms with Gasteiger partial charge in [-0.15, -0.1) is 0 Å². The first-order valence-electron chi connectivity index (χ1n) is 6.97. The van der Waals surface area contributed by atoms with Crippen molar-refractivity contribution in [2.24, 2.45) is 0 Å². The Bertz CT molecular complexity index is 585. The van der Waals surface area contributed by atoms with Crippen LogP contribution in [0.2, 0.25) is 5.02 Å². The second kappa shape index (κ2) is 5.86. The van der Waals surface area contributed by atoms with E-state index < -0.39 is 0 Å². The molecule has 1 saturated heterocycles. The second-order valence-electron chi connectivity index (χ2n) is 5.25. The molecule has 0 aromatic heterocycles. The van der Waals surface area contributed by atoms with Gasteiger partial charge in [0.25, 0.3) is 0 Å². The lowest BCUT2D eigenvalue weighted by atomic mass is 9.99. The van der Waals surface area contributed by atoms with Crippen molar-refractivity contribution in [1.29, 1.82) is 0 Å². The van der Waals surface area contributed by atoms with Crippen LogP contribution in [0.1, 0.15) is 23.5 Å². The van der Waals surface area contributed by atoms with Gasteiger partial charge in [-0.25, -0.2) is 0 Å². The van der Waals surface area contributed by atoms with Crippen LogP contribution in [-0.4, -0.2) is 18.2 Å². The Morgan fingerprint density at radius 1 is 1.10 bits per heavy atom. The molecule has 0 radical (unpaired) electrons. The number of anilines is 1. The topological polar surface area (TPSA) is 23.5 Å². The van der Waals surface area contributed by atoms with Crippen LogP contribution in [0.15, 0.2) is 48.5 Å². The summed E-state index contributed by atoms with van der Waals surface area (Å²) in [6, 6.07) is 16.3. The zero-order valence-electron chi connectivity index (χ0n) is 11.3. The molecule has 2 nitrogen and oxygen atoms in total. The van der Waals surface area contributed by atoms with Crippen LogP contribution in [0.3, 0.4) is 0 Å². The van der Waals surface area contributed by atoms with E-state index in [1.165, 1.54) is 5.56 Å². The van der Waals surface area contributed by atoms with Crippen LogP contribution < -0.4 is 4.90 Å². The van der Waals surface area contributed by atoms with Crippen LogP contribution in [0, 0.1) is 0 Å². The molecule has 1 N–H and O–H groups in total. The molecule has 1 aliphatic rings. The Hall–Kier alpha value is -1.51. The third-order valence-corrected chi connectivity index (χ3v) is 4.32. The summed E-state index contributed by atoms with van der Waals surface area (Å²) in [5.41, 5.74) is 3.29. The molecule has 20 heavy (non-hydrogen) atoms. The summed E-state index contributed by atoms with van der Waals surface area (Å²) >= 11 is 6.33. The SMILES string of the molecule is OCc1cccc(Cl)c1N1CCC(c2ccccc2)C1. The highest BCUT2D eigenvalue weighted by Gasteiger charge is 2.26. The van der Waals surface area contributed by atoms with Gasteiger partial charge in [-0.05, 0) is 18.1 Å². The van der Waals surface area contributed by atoms with E-state index in [1.54, 1.807) is 0 Å². The van der Waals surface area contributed by atoms with Crippen molar-refractivity contribution in [3.63, 3.8) is 0 Å². The van der Waals surface area contributed by atoms with Crippen molar-refractivity contribution < 1.29 is 5.11 Å². The molecular weight excluding hydrogens is 270 g/mol. The largest absolute Gasteiger partial charge is 0.392 e. The van der Waals surface area contributed by atoms with E-state index in [1.807, 2.05) is 24.3 Å². The minimum Gasteiger partial charge on any atom is -0.392 e. The normalized spacial score (nSPS) is 18.5. The van der Waals surface area contributed by atoms with E-state index in [-0.39, 0.29) is 6.61 Å². The minimum absolute atomic E-state index is 0.0302. The van der Waals surface area contributed by atoms with Crippen molar-refractivity contribution in [2.45, 2.75) is 18.9 Å². The number of aliphatic hydroxyl groups is 1. The summed E-state index contributed by atoms with van der Waals surface area (Å²) in [5.74, 6) is 0.541. The molecule has 3 heteroatoms. The molecule has 1 heterocycles. The Balaban J connectivity index is 1.84. The number of hydrogen-bond donors (Lipinski definition) is 1. The Morgan fingerprint density at radius 3 is 2.65 bits per heavy atom. The zero-order valence-corrected chi connectivity index (χ0v) is 12.1. The molecule has 0 spiro atoms. The molecule has 0 aliphatic carbocycles. The third kappa shape index (κ3) is 2.54. The van der Waals surface area contributed by atoms with Crippen LogP contribution >= 0.6 is 11.6 Å². The van der Waals surface area contributed by atoms with Gasteiger partial charge in [0.2, 0.25) is 0 Å². The lowest BCUT2D eigenvalue weighted by Crippen LogP contribution is -2.21. The first-order chi connectivity index (χ1) is 9.79. The highest BCUT2D eigenvalue weighted by atomic mass is 35.5. The second-order valence-corrected chi connectivity index (χ2v) is 5.66. The van der Waals surface area contributed by atoms with Crippen molar-refractivity contribution in [3.05, 3.63) is 64.7 Å². The van der Waals surface area contributed by atoms with Gasteiger partial charge in [0.05, 0.1) is 17.3 Å². The van der Waals surface area contributed by atoms with Crippen molar-refractivity contribution in [3.8, 4) is 0 Å². The average Bonchev–Trinajstić information content (AvgIpc) is 2.97. The molecular formula is C17H18ClNO. The smallest absolute Gasteiger partial charge is 0.0702 e. The number of aliphatic hydroxyl groups excluding tert-OH is 1. The standard InChI is InChI=1S/C17H18ClNO/c18-16-8-4-7-15(12-20)17(16)19-10-9-14(11-19)13-5-2-1-3-6-13/h1-8,14,20H,9-12H2. The van der Waals surface area contributed by atoms with Crippen LogP contribution in [0.4, 0.5) is 5.69 Å². The number of benzene rings is 2. The Morgan fingerprint density at radius 2 is 1.90 bits per heavy atom. The van der Waals surface area contributed by atoms with E-state index in [9.17, 15) is 5.11 Å². The Kier molecular flexibility index (Phi) is 3.95. The zero-order chi connectivity index (χ0) is 13.9. The molecule has 104 valence electrons. The fourth-order valence-electron chi connectivity index (χ4n) is 3.00. The molecule has 1 fully saturated rings. The maximum Gasteiger partial charge on any atom is 0.0702 e. The molecule has 2 aromatic carbocycles. The molecule has 1 unspecified atom stereocenters. The van der Waals surface area contributed by atoms with Gasteiger partial charge in [-0.3, -0.25) is 0 Å². The van der Waals surface area contributed by atoms with Crippen molar-refractivity contribution >= 4 is 17.3 Å². The lowest BCUT2D eigenvalue weighted by Gasteiger charge is -2.23. The number of halogens is 1. The summed E-state index contributed by atoms with van der Waals surface area (Å²) in [4.78, 5) is 2.30. The molecule has 1 aliphatic heterocycles. The number of nitrogens with zero attached hydrogens (tertiary/aromatic N) is 1. The Labute approximate surface area is 124 Å². The summed E-state index contributed by atoms with van der Waals surface area (Å²) in [6.07, 6.45) is 1.13. The maximum atomic E-state index is 9.50. The van der Waals surface area contributed by atoms with Gasteiger partial charge in [-0.2, -0.15) is 0 Å². The van der Waals surface area contributed by atoms with E-state index >= 15 is 0 Å². The monoisotopic (exact) mass is 287 g/mol. The van der Waals surface area contributed by atoms with Gasteiger partial charge >= 0.3 is 0 Å². The van der Waals surface area contributed by atoms with Crippen molar-refractivity contribution in [2.75, 3.05) is 18.0 Å². The molecule has 0 amide bonds. The minimum atomic E-state index is 0.0302. The summed E-state index contributed by atoms with van der Waals surface area (Å²) in [5, 5.41) is 10.2. The quantitative estimate of drug-likeness (QED) is 0.927. The summed E-state index contributed by atoms with van der Waals surface area (Å²) in [7, 11) is 0. The van der Waals surface area contributed by atoms with Gasteiger partial charge in [-0.1, -0.05) is 54.1 Å². The fraction of sp³-hybridized carbons (Fsp3) is 0.294. The van der Waals surface area contributed by atoms with Gasteiger partial charge in [0, 0.05) is 24.6 Å². The first kappa shape index (κ1) is 13.5. The van der Waals surface area contributed by atoms with E-state index in [0.717, 1.165) is 35.8 Å². The molecule has 0 saturated carbocycles.